The first-order chi connectivity index (χ1) is 30.2. The summed E-state index contributed by atoms with van der Waals surface area (Å²) >= 11 is 0. The molecular weight excluding hydrogens is 821 g/mol. The van der Waals surface area contributed by atoms with E-state index in [0.29, 0.717) is 43.7 Å². The highest BCUT2D eigenvalue weighted by atomic mass is 16.7. The number of hydrogen-bond acceptors (Lipinski definition) is 13. The van der Waals surface area contributed by atoms with Gasteiger partial charge >= 0.3 is 12.1 Å². The molecule has 15 nitrogen and oxygen atoms in total. The Balaban J connectivity index is 1.46. The Bertz CT molecular complexity index is 1930. The second-order valence-corrected chi connectivity index (χ2v) is 18.7. The number of rotatable bonds is 13. The van der Waals surface area contributed by atoms with Crippen LogP contribution in [-0.4, -0.2) is 137 Å². The van der Waals surface area contributed by atoms with Gasteiger partial charge in [0.1, 0.15) is 29.7 Å². The standard InChI is InChI=1S/C49H72N4O11/c1-13-37-49(10)42(53(47(59)64-49)25-19-18-24-52(38-23-22-29(3)28-50-38)44(57)35-20-16-15-17-21-35)32(6)39(54)30(4)27-48(9,60-12)43(33(7)40(55)34(8)45(58)62-37)63-46-41(56)36(51(11)14-2)26-31(5)61-46/h15-17,20-23,28,30-34,36-37,41-43,46,56H,13-14,18-19,24-27H2,1-12H3/t30-,31-,32+,33+,34-,36+,37-,41-,42+,43-,46+,48-,49-/m1/s1. The Morgan fingerprint density at radius 3 is 2.27 bits per heavy atom. The SMILES string of the molecule is CC[C@H]1OC(=O)[C@H](C)C(=O)[C@H](C)[C@@H](O[C@@H]2O[C@H](C)C[C@H](N(C)CC)[C@H]2O)[C@](C)(OC)C[C@@H](C)C(=O)[C@H](C)[C@@H]2N(CCCCN(C(=O)c3ccccc3)c3ccc(C)cn3)C(=O)O[C@@]21C. The number of aliphatic hydroxyl groups excluding tert-OH is 1. The third kappa shape index (κ3) is 10.7. The van der Waals surface area contributed by atoms with Crippen LogP contribution in [0.4, 0.5) is 10.6 Å². The zero-order chi connectivity index (χ0) is 47.3. The van der Waals surface area contributed by atoms with Crippen LogP contribution >= 0.6 is 0 Å². The highest BCUT2D eigenvalue weighted by Crippen LogP contribution is 2.43. The Morgan fingerprint density at radius 1 is 0.969 bits per heavy atom. The molecule has 0 radical (unpaired) electrons. The van der Waals surface area contributed by atoms with Gasteiger partial charge in [0.15, 0.2) is 17.7 Å². The molecule has 13 atom stereocenters. The molecule has 0 saturated carbocycles. The third-order valence-electron chi connectivity index (χ3n) is 14.0. The van der Waals surface area contributed by atoms with E-state index in [-0.39, 0.29) is 43.2 Å². The van der Waals surface area contributed by atoms with Crippen molar-refractivity contribution in [2.75, 3.05) is 38.7 Å². The lowest BCUT2D eigenvalue weighted by atomic mass is 9.73. The predicted octanol–water partition coefficient (Wildman–Crippen LogP) is 6.41. The molecule has 5 rings (SSSR count). The maximum atomic E-state index is 14.9. The molecule has 2 amide bonds. The van der Waals surface area contributed by atoms with Gasteiger partial charge in [0.25, 0.3) is 5.91 Å². The summed E-state index contributed by atoms with van der Waals surface area (Å²) in [6.45, 7) is 19.0. The summed E-state index contributed by atoms with van der Waals surface area (Å²) < 4.78 is 31.4. The fourth-order valence-corrected chi connectivity index (χ4v) is 10.1. The van der Waals surface area contributed by atoms with Gasteiger partial charge in [-0.05, 0) is 104 Å². The zero-order valence-electron chi connectivity index (χ0n) is 39.9. The molecule has 1 aromatic heterocycles. The molecule has 0 spiro atoms. The summed E-state index contributed by atoms with van der Waals surface area (Å²) in [5.74, 6) is -4.92. The number of likely N-dealkylation sites (N-methyl/N-ethyl adjacent to an activating group) is 1. The monoisotopic (exact) mass is 893 g/mol. The van der Waals surface area contributed by atoms with Crippen molar-refractivity contribution in [1.82, 2.24) is 14.8 Å². The summed E-state index contributed by atoms with van der Waals surface area (Å²) in [6, 6.07) is 11.5. The fourth-order valence-electron chi connectivity index (χ4n) is 10.1. The number of ketones is 2. The molecule has 0 unspecified atom stereocenters. The average molecular weight is 893 g/mol. The number of fused-ring (bicyclic) bond motifs is 1. The van der Waals surface area contributed by atoms with Crippen molar-refractivity contribution in [3.05, 3.63) is 59.8 Å². The highest BCUT2D eigenvalue weighted by molar-refractivity contribution is 6.05. The summed E-state index contributed by atoms with van der Waals surface area (Å²) in [5, 5.41) is 11.6. The van der Waals surface area contributed by atoms with Crippen LogP contribution in [0.25, 0.3) is 0 Å². The van der Waals surface area contributed by atoms with E-state index in [2.05, 4.69) is 4.98 Å². The second kappa shape index (κ2) is 21.4. The zero-order valence-corrected chi connectivity index (χ0v) is 39.9. The number of methoxy groups -OCH3 is 1. The third-order valence-corrected chi connectivity index (χ3v) is 14.0. The number of esters is 1. The first-order valence-electron chi connectivity index (χ1n) is 23.0. The molecule has 3 fully saturated rings. The minimum absolute atomic E-state index is 0.0955. The van der Waals surface area contributed by atoms with Crippen molar-refractivity contribution in [1.29, 1.82) is 0 Å². The molecule has 3 aliphatic rings. The van der Waals surface area contributed by atoms with E-state index >= 15 is 0 Å². The number of carbonyl (C=O) groups is 5. The molecule has 2 aromatic rings. The average Bonchev–Trinajstić information content (AvgIpc) is 3.55. The Labute approximate surface area is 379 Å². The fraction of sp³-hybridized carbons (Fsp3) is 0.673. The van der Waals surface area contributed by atoms with E-state index in [1.807, 2.05) is 50.9 Å². The van der Waals surface area contributed by atoms with Gasteiger partial charge in [0.2, 0.25) is 0 Å². The number of benzene rings is 1. The Morgan fingerprint density at radius 2 is 1.66 bits per heavy atom. The van der Waals surface area contributed by atoms with Crippen LogP contribution < -0.4 is 4.90 Å². The van der Waals surface area contributed by atoms with E-state index in [1.165, 1.54) is 14.0 Å². The number of cyclic esters (lactones) is 1. The van der Waals surface area contributed by atoms with E-state index in [4.69, 9.17) is 23.7 Å². The molecule has 3 aliphatic heterocycles. The van der Waals surface area contributed by atoms with Gasteiger partial charge in [-0.1, -0.05) is 58.9 Å². The summed E-state index contributed by atoms with van der Waals surface area (Å²) in [5.41, 5.74) is -1.31. The van der Waals surface area contributed by atoms with Crippen LogP contribution in [0.15, 0.2) is 48.7 Å². The first kappa shape index (κ1) is 50.7. The number of unbranched alkanes of at least 4 members (excludes halogenated alkanes) is 1. The van der Waals surface area contributed by atoms with Crippen molar-refractivity contribution >= 4 is 35.4 Å². The predicted molar refractivity (Wildman–Crippen MR) is 241 cm³/mol. The first-order valence-corrected chi connectivity index (χ1v) is 23.0. The van der Waals surface area contributed by atoms with Gasteiger partial charge in [-0.15, -0.1) is 0 Å². The van der Waals surface area contributed by atoms with Crippen molar-refractivity contribution in [2.45, 2.75) is 155 Å². The van der Waals surface area contributed by atoms with Gasteiger partial charge in [-0.2, -0.15) is 0 Å². The van der Waals surface area contributed by atoms with Gasteiger partial charge in [-0.25, -0.2) is 9.78 Å². The van der Waals surface area contributed by atoms with E-state index in [9.17, 15) is 29.1 Å². The Kier molecular flexibility index (Phi) is 16.9. The maximum Gasteiger partial charge on any atom is 0.410 e. The lowest BCUT2D eigenvalue weighted by molar-refractivity contribution is -0.296. The molecule has 15 heteroatoms. The smallest absolute Gasteiger partial charge is 0.410 e. The van der Waals surface area contributed by atoms with Crippen LogP contribution in [-0.2, 0) is 38.1 Å². The summed E-state index contributed by atoms with van der Waals surface area (Å²) in [7, 11) is 3.41. The molecule has 0 aliphatic carbocycles. The molecule has 4 heterocycles. The second-order valence-electron chi connectivity index (χ2n) is 18.7. The number of aromatic nitrogens is 1. The van der Waals surface area contributed by atoms with Crippen LogP contribution in [0.5, 0.6) is 0 Å². The lowest BCUT2D eigenvalue weighted by Crippen LogP contribution is -2.60. The molecule has 1 N–H and O–H groups in total. The number of carbonyl (C=O) groups excluding carboxylic acids is 5. The minimum Gasteiger partial charge on any atom is -0.458 e. The number of aliphatic hydroxyl groups is 1. The molecule has 354 valence electrons. The van der Waals surface area contributed by atoms with Gasteiger partial charge in [0, 0.05) is 55.8 Å². The number of hydrogen-bond donors (Lipinski definition) is 1. The van der Waals surface area contributed by atoms with Crippen molar-refractivity contribution in [3.8, 4) is 0 Å². The number of amides is 2. The number of anilines is 1. The van der Waals surface area contributed by atoms with Crippen LogP contribution in [0.1, 0.15) is 110 Å². The largest absolute Gasteiger partial charge is 0.458 e. The number of nitrogens with zero attached hydrogens (tertiary/aromatic N) is 4. The van der Waals surface area contributed by atoms with Crippen LogP contribution in [0.3, 0.4) is 0 Å². The van der Waals surface area contributed by atoms with Gasteiger partial charge in [-0.3, -0.25) is 24.1 Å². The number of Topliss-reactive ketones (excluding diaryl/α,β-unsaturated/α-hetero) is 2. The van der Waals surface area contributed by atoms with E-state index < -0.39 is 83.4 Å². The van der Waals surface area contributed by atoms with Crippen LogP contribution in [0.2, 0.25) is 0 Å². The molecule has 1 aromatic carbocycles. The van der Waals surface area contributed by atoms with Gasteiger partial charge < -0.3 is 38.6 Å². The number of ether oxygens (including phenoxy) is 5. The highest BCUT2D eigenvalue weighted by Gasteiger charge is 2.60. The molecular formula is C49H72N4O11. The van der Waals surface area contributed by atoms with Crippen molar-refractivity contribution < 1.29 is 52.8 Å². The van der Waals surface area contributed by atoms with Gasteiger partial charge in [0.05, 0.1) is 23.9 Å². The topological polar surface area (TPSA) is 174 Å². The quantitative estimate of drug-likeness (QED) is 0.133. The van der Waals surface area contributed by atoms with E-state index in [1.54, 1.807) is 81.8 Å². The Hall–Kier alpha value is -4.28. The maximum absolute atomic E-state index is 14.9. The number of aryl methyl sites for hydroxylation is 1. The molecule has 0 bridgehead atoms. The van der Waals surface area contributed by atoms with Crippen molar-refractivity contribution in [2.24, 2.45) is 23.7 Å². The normalized spacial score (nSPS) is 34.2. The molecule has 64 heavy (non-hydrogen) atoms. The van der Waals surface area contributed by atoms with Crippen molar-refractivity contribution in [3.63, 3.8) is 0 Å². The minimum atomic E-state index is -1.47. The van der Waals surface area contributed by atoms with E-state index in [0.717, 1.165) is 5.56 Å². The van der Waals surface area contributed by atoms with Crippen LogP contribution in [0, 0.1) is 30.6 Å². The summed E-state index contributed by atoms with van der Waals surface area (Å²) in [4.78, 5) is 81.0. The summed E-state index contributed by atoms with van der Waals surface area (Å²) in [6.07, 6.45) is -1.72. The molecule has 3 saturated heterocycles. The number of pyridine rings is 1. The lowest BCUT2D eigenvalue weighted by Gasteiger charge is -2.47.